The van der Waals surface area contributed by atoms with Gasteiger partial charge in [-0.2, -0.15) is 0 Å². The van der Waals surface area contributed by atoms with E-state index in [0.29, 0.717) is 47.7 Å². The average molecular weight is 459 g/mol. The lowest BCUT2D eigenvalue weighted by Gasteiger charge is -2.20. The van der Waals surface area contributed by atoms with Crippen molar-refractivity contribution in [3.05, 3.63) is 45.3 Å². The van der Waals surface area contributed by atoms with Crippen LogP contribution in [-0.2, 0) is 20.7 Å². The van der Waals surface area contributed by atoms with Gasteiger partial charge in [0.25, 0.3) is 0 Å². The van der Waals surface area contributed by atoms with E-state index in [9.17, 15) is 4.79 Å². The third kappa shape index (κ3) is 4.87. The highest BCUT2D eigenvalue weighted by molar-refractivity contribution is 7.99. The van der Waals surface area contributed by atoms with Crippen molar-refractivity contribution in [3.8, 4) is 11.3 Å². The first-order valence-electron chi connectivity index (χ1n) is 9.93. The Morgan fingerprint density at radius 3 is 3.10 bits per heavy atom. The van der Waals surface area contributed by atoms with Crippen molar-refractivity contribution in [2.45, 2.75) is 17.9 Å². The van der Waals surface area contributed by atoms with Gasteiger partial charge in [0.2, 0.25) is 11.9 Å². The molecular weight excluding hydrogens is 436 g/mol. The monoisotopic (exact) mass is 458 g/mol. The number of rotatable bonds is 8. The summed E-state index contributed by atoms with van der Waals surface area (Å²) in [6, 6.07) is 3.79. The quantitative estimate of drug-likeness (QED) is 0.352. The number of nitrogen functional groups attached to an aromatic ring is 1. The normalized spacial score (nSPS) is 13.9. The molecule has 1 aliphatic heterocycles. The van der Waals surface area contributed by atoms with Crippen LogP contribution in [0.5, 0.6) is 0 Å². The van der Waals surface area contributed by atoms with Gasteiger partial charge in [-0.25, -0.2) is 9.97 Å². The van der Waals surface area contributed by atoms with Gasteiger partial charge in [-0.3, -0.25) is 4.79 Å². The van der Waals surface area contributed by atoms with Crippen molar-refractivity contribution in [1.29, 1.82) is 0 Å². The second-order valence-electron chi connectivity index (χ2n) is 7.13. The fourth-order valence-electron chi connectivity index (χ4n) is 3.70. The number of nitrogens with zero attached hydrogens (tertiary/aromatic N) is 2. The number of nitrogens with two attached hydrogens (primary N) is 1. The molecule has 1 aliphatic carbocycles. The van der Waals surface area contributed by atoms with Gasteiger partial charge in [0.1, 0.15) is 11.6 Å². The van der Waals surface area contributed by atoms with Crippen molar-refractivity contribution < 1.29 is 14.3 Å². The number of hydrogen-bond donors (Lipinski definition) is 2. The van der Waals surface area contributed by atoms with E-state index in [2.05, 4.69) is 27.4 Å². The van der Waals surface area contributed by atoms with Crippen molar-refractivity contribution in [1.82, 2.24) is 15.3 Å². The lowest BCUT2D eigenvalue weighted by atomic mass is 9.91. The molecule has 0 fully saturated rings. The predicted octanol–water partition coefficient (Wildman–Crippen LogP) is 1.66. The maximum absolute atomic E-state index is 11.9. The number of amides is 1. The molecule has 0 radical (unpaired) electrons. The van der Waals surface area contributed by atoms with Crippen LogP contribution in [-0.4, -0.2) is 48.5 Å². The van der Waals surface area contributed by atoms with Gasteiger partial charge in [-0.05, 0) is 34.9 Å². The maximum Gasteiger partial charge on any atom is 0.221 e. The number of ether oxygens (including phenoxy) is 2. The van der Waals surface area contributed by atoms with E-state index >= 15 is 0 Å². The molecule has 0 bridgehead atoms. The Morgan fingerprint density at radius 1 is 1.39 bits per heavy atom. The van der Waals surface area contributed by atoms with Crippen molar-refractivity contribution in [2.75, 3.05) is 38.4 Å². The predicted molar refractivity (Wildman–Crippen MR) is 123 cm³/mol. The first-order valence-corrected chi connectivity index (χ1v) is 11.3. The summed E-state index contributed by atoms with van der Waals surface area (Å²) in [4.78, 5) is 20.7. The zero-order chi connectivity index (χ0) is 21.8. The average Bonchev–Trinajstić information content (AvgIpc) is 2.74. The second kappa shape index (κ2) is 9.72. The summed E-state index contributed by atoms with van der Waals surface area (Å²) < 4.78 is 10.5. The molecule has 0 atom stereocenters. The van der Waals surface area contributed by atoms with Gasteiger partial charge >= 0.3 is 0 Å². The minimum atomic E-state index is -0.0257. The summed E-state index contributed by atoms with van der Waals surface area (Å²) in [5.41, 5.74) is 9.81. The number of hydrogen-bond acceptors (Lipinski definition) is 7. The molecule has 0 spiro atoms. The van der Waals surface area contributed by atoms with Gasteiger partial charge < -0.3 is 20.5 Å². The van der Waals surface area contributed by atoms with Crippen LogP contribution < -0.4 is 21.5 Å². The van der Waals surface area contributed by atoms with Gasteiger partial charge in [0, 0.05) is 36.6 Å². The number of carbonyl (C=O) groups excluding carboxylic acids is 1. The summed E-state index contributed by atoms with van der Waals surface area (Å²) >= 11 is 8.14. The fraction of sp³-hybridized carbons (Fsp3) is 0.318. The molecular formula is C22H23ClN4O3S. The molecule has 31 heavy (non-hydrogen) atoms. The van der Waals surface area contributed by atoms with Crippen molar-refractivity contribution in [3.63, 3.8) is 0 Å². The summed E-state index contributed by atoms with van der Waals surface area (Å²) in [5, 5.41) is 6.24. The third-order valence-electron chi connectivity index (χ3n) is 5.01. The molecule has 162 valence electrons. The van der Waals surface area contributed by atoms with E-state index in [1.807, 2.05) is 12.1 Å². The molecule has 4 rings (SSSR count). The van der Waals surface area contributed by atoms with Gasteiger partial charge in [0.05, 0.1) is 23.6 Å². The van der Waals surface area contributed by atoms with Crippen LogP contribution in [0.1, 0.15) is 12.0 Å². The standard InChI is InChI=1S/C22H23ClN4O3S/c1-29-7-6-25-18(28)5-8-31-19-10-17(26-22(24)27-19)21-15-4-2-3-13-11-30-12-14(20(13)15)9-16(21)23/h2-3,9-10,12H,4-8,11H2,1H3,(H,25,28)(H2,24,26,27). The smallest absolute Gasteiger partial charge is 0.221 e. The van der Waals surface area contributed by atoms with E-state index in [1.54, 1.807) is 13.4 Å². The Bertz CT molecular complexity index is 1170. The zero-order valence-electron chi connectivity index (χ0n) is 17.1. The van der Waals surface area contributed by atoms with E-state index < -0.39 is 0 Å². The number of halogens is 1. The molecule has 0 saturated heterocycles. The molecule has 2 aliphatic rings. The van der Waals surface area contributed by atoms with E-state index in [1.165, 1.54) is 11.8 Å². The highest BCUT2D eigenvalue weighted by Crippen LogP contribution is 2.32. The van der Waals surface area contributed by atoms with Crippen LogP contribution in [0.15, 0.2) is 29.3 Å². The van der Waals surface area contributed by atoms with Gasteiger partial charge in [0.15, 0.2) is 0 Å². The Labute approximate surface area is 189 Å². The molecule has 1 aromatic carbocycles. The lowest BCUT2D eigenvalue weighted by Crippen LogP contribution is -2.36. The first-order chi connectivity index (χ1) is 15.1. The molecule has 0 saturated carbocycles. The number of benzene rings is 1. The van der Waals surface area contributed by atoms with E-state index in [4.69, 9.17) is 26.8 Å². The molecule has 2 heterocycles. The molecule has 7 nitrogen and oxygen atoms in total. The van der Waals surface area contributed by atoms with Crippen LogP contribution in [0.2, 0.25) is 5.02 Å². The Hall–Kier alpha value is -2.55. The number of methoxy groups -OCH3 is 1. The topological polar surface area (TPSA) is 99.4 Å². The highest BCUT2D eigenvalue weighted by atomic mass is 35.5. The number of allylic oxidation sites excluding steroid dienone is 1. The largest absolute Gasteiger partial charge is 0.496 e. The molecule has 2 aromatic rings. The molecule has 9 heteroatoms. The molecule has 0 unspecified atom stereocenters. The van der Waals surface area contributed by atoms with Crippen LogP contribution in [0.3, 0.4) is 0 Å². The number of aromatic nitrogens is 2. The van der Waals surface area contributed by atoms with Crippen molar-refractivity contribution in [2.24, 2.45) is 0 Å². The molecule has 1 amide bonds. The van der Waals surface area contributed by atoms with Crippen molar-refractivity contribution >= 4 is 47.1 Å². The van der Waals surface area contributed by atoms with Crippen LogP contribution in [0.4, 0.5) is 5.95 Å². The lowest BCUT2D eigenvalue weighted by molar-refractivity contribution is -0.120. The van der Waals surface area contributed by atoms with Crippen LogP contribution in [0.25, 0.3) is 23.1 Å². The Balaban J connectivity index is 1.60. The summed E-state index contributed by atoms with van der Waals surface area (Å²) in [7, 11) is 1.60. The SMILES string of the molecule is COCCNC(=O)CCSc1cc(-c2c(Cl)cc3c4c2CC=CC=4COC=3)nc(N)n1. The number of carbonyl (C=O) groups is 1. The molecule has 3 N–H and O–H groups in total. The maximum atomic E-state index is 11.9. The molecule has 1 aromatic heterocycles. The van der Waals surface area contributed by atoms with E-state index in [-0.39, 0.29) is 11.9 Å². The van der Waals surface area contributed by atoms with E-state index in [0.717, 1.165) is 33.6 Å². The zero-order valence-corrected chi connectivity index (χ0v) is 18.7. The number of thioether (sulfide) groups is 1. The number of nitrogens with one attached hydrogen (secondary N) is 1. The third-order valence-corrected chi connectivity index (χ3v) is 6.22. The van der Waals surface area contributed by atoms with Crippen LogP contribution >= 0.6 is 23.4 Å². The second-order valence-corrected chi connectivity index (χ2v) is 8.65. The minimum Gasteiger partial charge on any atom is -0.496 e. The highest BCUT2D eigenvalue weighted by Gasteiger charge is 2.20. The fourth-order valence-corrected chi connectivity index (χ4v) is 4.87. The summed E-state index contributed by atoms with van der Waals surface area (Å²) in [6.07, 6.45) is 7.09. The minimum absolute atomic E-state index is 0.0257. The van der Waals surface area contributed by atoms with Gasteiger partial charge in [-0.1, -0.05) is 23.8 Å². The summed E-state index contributed by atoms with van der Waals surface area (Å²) in [6.45, 7) is 1.53. The van der Waals surface area contributed by atoms with Gasteiger partial charge in [-0.15, -0.1) is 11.8 Å². The number of anilines is 1. The van der Waals surface area contributed by atoms with Crippen LogP contribution in [0, 0.1) is 0 Å². The Morgan fingerprint density at radius 2 is 2.26 bits per heavy atom. The first kappa shape index (κ1) is 21.7. The Kier molecular flexibility index (Phi) is 6.80. The summed E-state index contributed by atoms with van der Waals surface area (Å²) in [5.74, 6) is 0.727.